The van der Waals surface area contributed by atoms with E-state index in [1.807, 2.05) is 11.3 Å². The summed E-state index contributed by atoms with van der Waals surface area (Å²) in [7, 11) is 0. The maximum atomic E-state index is 2.57. The van der Waals surface area contributed by atoms with Crippen LogP contribution in [0.2, 0.25) is 0 Å². The number of hydrogen-bond donors (Lipinski definition) is 0. The molecule has 55 heavy (non-hydrogen) atoms. The van der Waals surface area contributed by atoms with Gasteiger partial charge in [0, 0.05) is 31.0 Å². The topological polar surface area (TPSA) is 0 Å². The quantitative estimate of drug-likeness (QED) is 0.156. The molecule has 0 unspecified atom stereocenters. The Morgan fingerprint density at radius 2 is 0.945 bits per heavy atom. The van der Waals surface area contributed by atoms with Crippen LogP contribution in [-0.2, 0) is 10.8 Å². The van der Waals surface area contributed by atoms with Crippen molar-refractivity contribution in [2.24, 2.45) is 0 Å². The Kier molecular flexibility index (Phi) is 6.16. The molecule has 0 spiro atoms. The fraction of sp³-hybridized carbons (Fsp3) is 0.111. The van der Waals surface area contributed by atoms with E-state index in [4.69, 9.17) is 0 Å². The molecule has 260 valence electrons. The third-order valence-corrected chi connectivity index (χ3v) is 14.4. The van der Waals surface area contributed by atoms with Crippen molar-refractivity contribution < 1.29 is 0 Å². The number of rotatable bonds is 2. The SMILES string of the molecule is CC1(C)c2ccccc2-c2ccc(-c3c4ccccc4c(-c4cc5c(sc6ccc7ccccc7c65)c5c4-c4ccccc4C5(C)C)c4ccccc34)cc21. The zero-order chi connectivity index (χ0) is 36.8. The second-order valence-corrected chi connectivity index (χ2v) is 17.8. The van der Waals surface area contributed by atoms with Crippen LogP contribution in [0.3, 0.4) is 0 Å². The van der Waals surface area contributed by atoms with Gasteiger partial charge in [-0.25, -0.2) is 0 Å². The summed E-state index contributed by atoms with van der Waals surface area (Å²) in [5.41, 5.74) is 16.2. The molecule has 12 rings (SSSR count). The van der Waals surface area contributed by atoms with Crippen LogP contribution in [0.25, 0.3) is 97.0 Å². The van der Waals surface area contributed by atoms with E-state index < -0.39 is 0 Å². The molecule has 0 amide bonds. The van der Waals surface area contributed by atoms with Crippen LogP contribution in [0, 0.1) is 0 Å². The van der Waals surface area contributed by atoms with Gasteiger partial charge in [0.2, 0.25) is 0 Å². The summed E-state index contributed by atoms with van der Waals surface area (Å²) in [6.45, 7) is 9.65. The van der Waals surface area contributed by atoms with Crippen molar-refractivity contribution in [3.05, 3.63) is 180 Å². The summed E-state index contributed by atoms with van der Waals surface area (Å²) in [6, 6.07) is 59.9. The minimum absolute atomic E-state index is 0.0723. The Labute approximate surface area is 325 Å². The van der Waals surface area contributed by atoms with Crippen molar-refractivity contribution >= 4 is 63.8 Å². The van der Waals surface area contributed by atoms with Crippen molar-refractivity contribution in [1.82, 2.24) is 0 Å². The van der Waals surface area contributed by atoms with Crippen LogP contribution in [0.5, 0.6) is 0 Å². The molecule has 0 radical (unpaired) electrons. The van der Waals surface area contributed by atoms with Gasteiger partial charge in [-0.1, -0.05) is 167 Å². The molecule has 10 aromatic rings. The molecule has 1 aromatic heterocycles. The van der Waals surface area contributed by atoms with Crippen molar-refractivity contribution in [1.29, 1.82) is 0 Å². The van der Waals surface area contributed by atoms with Crippen molar-refractivity contribution in [2.45, 2.75) is 38.5 Å². The average Bonchev–Trinajstić information content (AvgIpc) is 3.79. The van der Waals surface area contributed by atoms with Gasteiger partial charge in [0.05, 0.1) is 0 Å². The summed E-state index contributed by atoms with van der Waals surface area (Å²) in [5.74, 6) is 0. The van der Waals surface area contributed by atoms with E-state index >= 15 is 0 Å². The summed E-state index contributed by atoms with van der Waals surface area (Å²) >= 11 is 1.97. The van der Waals surface area contributed by atoms with E-state index in [1.165, 1.54) is 119 Å². The van der Waals surface area contributed by atoms with Crippen LogP contribution >= 0.6 is 11.3 Å². The Balaban J connectivity index is 1.23. The minimum atomic E-state index is -0.156. The molecule has 2 aliphatic carbocycles. The van der Waals surface area contributed by atoms with Gasteiger partial charge in [-0.3, -0.25) is 0 Å². The standard InChI is InChI=1S/C54H38S/c1-53(2)43-23-13-11-17-34(43)35-27-25-32(29-45(35)53)47-36-18-7-9-20-38(36)48(39-21-10-8-19-37(39)47)41-30-42-49-33-16-6-5-15-31(33)26-28-46(49)55-52(42)51-50(41)40-22-12-14-24-44(40)54(51,3)4/h5-30H,1-4H3. The monoisotopic (exact) mass is 718 g/mol. The first-order valence-electron chi connectivity index (χ1n) is 19.5. The van der Waals surface area contributed by atoms with Gasteiger partial charge in [0.1, 0.15) is 0 Å². The highest BCUT2D eigenvalue weighted by atomic mass is 32.1. The number of fused-ring (bicyclic) bond motifs is 14. The molecule has 0 nitrogen and oxygen atoms in total. The maximum Gasteiger partial charge on any atom is 0.0403 e. The van der Waals surface area contributed by atoms with Gasteiger partial charge in [-0.05, 0) is 117 Å². The maximum absolute atomic E-state index is 2.57. The van der Waals surface area contributed by atoms with E-state index in [0.29, 0.717) is 0 Å². The third kappa shape index (κ3) is 4.01. The fourth-order valence-corrected chi connectivity index (χ4v) is 12.1. The van der Waals surface area contributed by atoms with E-state index in [1.54, 1.807) is 0 Å². The summed E-state index contributed by atoms with van der Waals surface area (Å²) < 4.78 is 2.77. The molecule has 1 heterocycles. The lowest BCUT2D eigenvalue weighted by Crippen LogP contribution is -2.15. The lowest BCUT2D eigenvalue weighted by Gasteiger charge is -2.24. The largest absolute Gasteiger partial charge is 0.135 e. The molecule has 0 atom stereocenters. The molecule has 0 fully saturated rings. The fourth-order valence-electron chi connectivity index (χ4n) is 10.7. The zero-order valence-corrected chi connectivity index (χ0v) is 32.2. The first-order valence-corrected chi connectivity index (χ1v) is 20.3. The van der Waals surface area contributed by atoms with Gasteiger partial charge in [0.15, 0.2) is 0 Å². The lowest BCUT2D eigenvalue weighted by molar-refractivity contribution is 0.660. The second kappa shape index (κ2) is 10.8. The first kappa shape index (κ1) is 31.3. The normalized spacial score (nSPS) is 14.8. The molecular weight excluding hydrogens is 681 g/mol. The predicted molar refractivity (Wildman–Crippen MR) is 238 cm³/mol. The number of benzene rings is 9. The summed E-state index contributed by atoms with van der Waals surface area (Å²) in [5, 5.41) is 10.6. The van der Waals surface area contributed by atoms with Gasteiger partial charge in [-0.15, -0.1) is 11.3 Å². The molecular formula is C54H38S. The first-order chi connectivity index (χ1) is 26.8. The van der Waals surface area contributed by atoms with Crippen LogP contribution < -0.4 is 0 Å². The minimum Gasteiger partial charge on any atom is -0.135 e. The van der Waals surface area contributed by atoms with E-state index in [-0.39, 0.29) is 10.8 Å². The highest BCUT2D eigenvalue weighted by Crippen LogP contribution is 2.59. The van der Waals surface area contributed by atoms with Crippen molar-refractivity contribution in [3.63, 3.8) is 0 Å². The van der Waals surface area contributed by atoms with E-state index in [2.05, 4.69) is 185 Å². The third-order valence-electron chi connectivity index (χ3n) is 13.2. The number of hydrogen-bond acceptors (Lipinski definition) is 1. The molecule has 0 N–H and O–H groups in total. The Morgan fingerprint density at radius 1 is 0.382 bits per heavy atom. The molecule has 9 aromatic carbocycles. The predicted octanol–water partition coefficient (Wildman–Crippen LogP) is 15.5. The lowest BCUT2D eigenvalue weighted by atomic mass is 9.79. The molecule has 2 aliphatic rings. The van der Waals surface area contributed by atoms with Gasteiger partial charge in [0.25, 0.3) is 0 Å². The average molecular weight is 719 g/mol. The van der Waals surface area contributed by atoms with Crippen LogP contribution in [-0.4, -0.2) is 0 Å². The van der Waals surface area contributed by atoms with Crippen LogP contribution in [0.15, 0.2) is 158 Å². The smallest absolute Gasteiger partial charge is 0.0403 e. The second-order valence-electron chi connectivity index (χ2n) is 16.8. The molecule has 1 heteroatoms. The summed E-state index contributed by atoms with van der Waals surface area (Å²) in [6.07, 6.45) is 0. The Bertz CT molecular complexity index is 3260. The Morgan fingerprint density at radius 3 is 1.65 bits per heavy atom. The molecule has 0 saturated carbocycles. The highest BCUT2D eigenvalue weighted by Gasteiger charge is 2.40. The molecule has 0 aliphatic heterocycles. The van der Waals surface area contributed by atoms with E-state index in [0.717, 1.165) is 0 Å². The van der Waals surface area contributed by atoms with Crippen LogP contribution in [0.4, 0.5) is 0 Å². The summed E-state index contributed by atoms with van der Waals surface area (Å²) in [4.78, 5) is 0. The number of thiophene rings is 1. The highest BCUT2D eigenvalue weighted by molar-refractivity contribution is 7.26. The molecule has 0 saturated heterocycles. The van der Waals surface area contributed by atoms with Gasteiger partial charge < -0.3 is 0 Å². The van der Waals surface area contributed by atoms with Gasteiger partial charge >= 0.3 is 0 Å². The van der Waals surface area contributed by atoms with Gasteiger partial charge in [-0.2, -0.15) is 0 Å². The van der Waals surface area contributed by atoms with Crippen LogP contribution in [0.1, 0.15) is 49.9 Å². The van der Waals surface area contributed by atoms with Crippen molar-refractivity contribution in [3.8, 4) is 44.5 Å². The Hall–Kier alpha value is -6.02. The molecule has 0 bridgehead atoms. The van der Waals surface area contributed by atoms with E-state index in [9.17, 15) is 0 Å². The zero-order valence-electron chi connectivity index (χ0n) is 31.4. The van der Waals surface area contributed by atoms with Crippen molar-refractivity contribution in [2.75, 3.05) is 0 Å².